The number of methoxy groups -OCH3 is 1. The SMILES string of the molecule is CO[C@@H]1CCC[C@@H](OC(=O)[C@@H](C)Sc2nnnn2C2CC2)C1. The number of aromatic nitrogens is 4. The smallest absolute Gasteiger partial charge is 0.319 e. The Hall–Kier alpha value is -1.15. The first-order valence-corrected chi connectivity index (χ1v) is 8.73. The number of ether oxygens (including phenoxy) is 2. The van der Waals surface area contributed by atoms with Crippen LogP contribution in [0, 0.1) is 0 Å². The Kier molecular flexibility index (Phi) is 4.97. The first-order valence-electron chi connectivity index (χ1n) is 7.85. The molecular formula is C14H22N4O3S. The fraction of sp³-hybridized carbons (Fsp3) is 0.857. The van der Waals surface area contributed by atoms with Gasteiger partial charge in [-0.05, 0) is 49.5 Å². The average Bonchev–Trinajstić information content (AvgIpc) is 3.27. The number of esters is 1. The quantitative estimate of drug-likeness (QED) is 0.584. The minimum absolute atomic E-state index is 0.0336. The highest BCUT2D eigenvalue weighted by molar-refractivity contribution is 8.00. The molecule has 2 saturated carbocycles. The van der Waals surface area contributed by atoms with Gasteiger partial charge in [-0.25, -0.2) is 4.68 Å². The summed E-state index contributed by atoms with van der Waals surface area (Å²) in [6.45, 7) is 1.84. The number of rotatable bonds is 6. The molecule has 0 bridgehead atoms. The lowest BCUT2D eigenvalue weighted by molar-refractivity contribution is -0.151. The zero-order chi connectivity index (χ0) is 15.5. The van der Waals surface area contributed by atoms with E-state index in [-0.39, 0.29) is 23.4 Å². The summed E-state index contributed by atoms with van der Waals surface area (Å²) in [5.74, 6) is -0.197. The molecule has 1 aromatic rings. The van der Waals surface area contributed by atoms with Gasteiger partial charge in [0.25, 0.3) is 0 Å². The van der Waals surface area contributed by atoms with E-state index in [2.05, 4.69) is 15.5 Å². The number of tetrazole rings is 1. The summed E-state index contributed by atoms with van der Waals surface area (Å²) < 4.78 is 12.8. The molecule has 2 aliphatic carbocycles. The fourth-order valence-electron chi connectivity index (χ4n) is 2.70. The van der Waals surface area contributed by atoms with E-state index in [4.69, 9.17) is 9.47 Å². The van der Waals surface area contributed by atoms with Crippen LogP contribution in [-0.4, -0.2) is 50.7 Å². The number of carbonyl (C=O) groups excluding carboxylic acids is 1. The average molecular weight is 326 g/mol. The Labute approximate surface area is 134 Å². The van der Waals surface area contributed by atoms with E-state index < -0.39 is 0 Å². The summed E-state index contributed by atoms with van der Waals surface area (Å²) in [6, 6.07) is 0.404. The van der Waals surface area contributed by atoms with Gasteiger partial charge >= 0.3 is 5.97 Å². The zero-order valence-electron chi connectivity index (χ0n) is 13.0. The van der Waals surface area contributed by atoms with Crippen LogP contribution in [0.3, 0.4) is 0 Å². The lowest BCUT2D eigenvalue weighted by atomic mass is 9.95. The molecule has 3 atom stereocenters. The van der Waals surface area contributed by atoms with Crippen molar-refractivity contribution in [2.75, 3.05) is 7.11 Å². The van der Waals surface area contributed by atoms with E-state index in [1.165, 1.54) is 11.8 Å². The Balaban J connectivity index is 1.52. The third kappa shape index (κ3) is 3.78. The van der Waals surface area contributed by atoms with E-state index in [1.54, 1.807) is 7.11 Å². The second-order valence-electron chi connectivity index (χ2n) is 5.98. The van der Waals surface area contributed by atoms with Crippen LogP contribution in [0.1, 0.15) is 51.5 Å². The molecule has 22 heavy (non-hydrogen) atoms. The number of hydrogen-bond donors (Lipinski definition) is 0. The first-order chi connectivity index (χ1) is 10.7. The molecule has 1 heterocycles. The second kappa shape index (κ2) is 6.95. The minimum Gasteiger partial charge on any atom is -0.461 e. The molecule has 1 aromatic heterocycles. The molecule has 0 spiro atoms. The zero-order valence-corrected chi connectivity index (χ0v) is 13.8. The van der Waals surface area contributed by atoms with Crippen LogP contribution in [0.5, 0.6) is 0 Å². The van der Waals surface area contributed by atoms with Gasteiger partial charge in [-0.1, -0.05) is 11.8 Å². The molecule has 8 heteroatoms. The van der Waals surface area contributed by atoms with E-state index in [1.807, 2.05) is 11.6 Å². The van der Waals surface area contributed by atoms with Crippen molar-refractivity contribution in [2.24, 2.45) is 0 Å². The largest absolute Gasteiger partial charge is 0.461 e. The predicted octanol–water partition coefficient (Wildman–Crippen LogP) is 1.99. The molecule has 0 aromatic carbocycles. The highest BCUT2D eigenvalue weighted by atomic mass is 32.2. The fourth-order valence-corrected chi connectivity index (χ4v) is 3.55. The van der Waals surface area contributed by atoms with Gasteiger partial charge in [0.1, 0.15) is 11.4 Å². The standard InChI is InChI=1S/C14H22N4O3S/c1-9(22-14-15-16-17-18(14)10-6-7-10)13(19)21-12-5-3-4-11(8-12)20-2/h9-12H,3-8H2,1-2H3/t9-,11-,12-/m1/s1. The van der Waals surface area contributed by atoms with Gasteiger partial charge in [0, 0.05) is 13.5 Å². The van der Waals surface area contributed by atoms with Gasteiger partial charge in [-0.3, -0.25) is 4.79 Å². The Morgan fingerprint density at radius 3 is 2.82 bits per heavy atom. The number of nitrogens with zero attached hydrogens (tertiary/aromatic N) is 4. The third-order valence-corrected chi connectivity index (χ3v) is 5.19. The Morgan fingerprint density at radius 1 is 1.32 bits per heavy atom. The monoisotopic (exact) mass is 326 g/mol. The summed E-state index contributed by atoms with van der Waals surface area (Å²) in [5.41, 5.74) is 0. The van der Waals surface area contributed by atoms with Gasteiger partial charge in [0.15, 0.2) is 0 Å². The Bertz CT molecular complexity index is 520. The van der Waals surface area contributed by atoms with Crippen molar-refractivity contribution in [3.63, 3.8) is 0 Å². The maximum absolute atomic E-state index is 12.3. The molecular weight excluding hydrogens is 304 g/mol. The van der Waals surface area contributed by atoms with Crippen molar-refractivity contribution >= 4 is 17.7 Å². The highest BCUT2D eigenvalue weighted by Gasteiger charge is 2.31. The maximum atomic E-state index is 12.3. The van der Waals surface area contributed by atoms with Crippen molar-refractivity contribution in [2.45, 2.75) is 74.1 Å². The minimum atomic E-state index is -0.313. The van der Waals surface area contributed by atoms with Crippen molar-refractivity contribution in [1.29, 1.82) is 0 Å². The van der Waals surface area contributed by atoms with Gasteiger partial charge in [-0.2, -0.15) is 0 Å². The highest BCUT2D eigenvalue weighted by Crippen LogP contribution is 2.37. The molecule has 0 N–H and O–H groups in total. The van der Waals surface area contributed by atoms with Gasteiger partial charge < -0.3 is 9.47 Å². The van der Waals surface area contributed by atoms with E-state index in [0.717, 1.165) is 38.5 Å². The van der Waals surface area contributed by atoms with Crippen molar-refractivity contribution < 1.29 is 14.3 Å². The van der Waals surface area contributed by atoms with Crippen LogP contribution in [0.4, 0.5) is 0 Å². The van der Waals surface area contributed by atoms with E-state index in [9.17, 15) is 4.79 Å². The van der Waals surface area contributed by atoms with E-state index in [0.29, 0.717) is 11.2 Å². The summed E-state index contributed by atoms with van der Waals surface area (Å²) in [7, 11) is 1.71. The van der Waals surface area contributed by atoms with Gasteiger partial charge in [0.2, 0.25) is 5.16 Å². The first kappa shape index (κ1) is 15.7. The van der Waals surface area contributed by atoms with Gasteiger partial charge in [0.05, 0.1) is 12.1 Å². The maximum Gasteiger partial charge on any atom is 0.319 e. The van der Waals surface area contributed by atoms with Gasteiger partial charge in [-0.15, -0.1) is 5.10 Å². The topological polar surface area (TPSA) is 79.1 Å². The van der Waals surface area contributed by atoms with Crippen molar-refractivity contribution in [1.82, 2.24) is 20.2 Å². The molecule has 0 saturated heterocycles. The second-order valence-corrected chi connectivity index (χ2v) is 7.29. The van der Waals surface area contributed by atoms with Crippen LogP contribution < -0.4 is 0 Å². The van der Waals surface area contributed by atoms with Crippen LogP contribution >= 0.6 is 11.8 Å². The third-order valence-electron chi connectivity index (χ3n) is 4.16. The molecule has 0 radical (unpaired) electrons. The summed E-state index contributed by atoms with van der Waals surface area (Å²) >= 11 is 1.37. The molecule has 2 fully saturated rings. The molecule has 0 amide bonds. The molecule has 122 valence electrons. The van der Waals surface area contributed by atoms with Crippen molar-refractivity contribution in [3.8, 4) is 0 Å². The van der Waals surface area contributed by atoms with Crippen LogP contribution in [0.2, 0.25) is 0 Å². The summed E-state index contributed by atoms with van der Waals surface area (Å²) in [4.78, 5) is 12.3. The lowest BCUT2D eigenvalue weighted by Crippen LogP contribution is -2.31. The van der Waals surface area contributed by atoms with E-state index >= 15 is 0 Å². The Morgan fingerprint density at radius 2 is 2.09 bits per heavy atom. The normalized spacial score (nSPS) is 26.6. The number of hydrogen-bond acceptors (Lipinski definition) is 7. The molecule has 0 aliphatic heterocycles. The van der Waals surface area contributed by atoms with Crippen LogP contribution in [0.15, 0.2) is 5.16 Å². The molecule has 3 rings (SSSR count). The number of carbonyl (C=O) groups is 1. The number of thioether (sulfide) groups is 1. The van der Waals surface area contributed by atoms with Crippen molar-refractivity contribution in [3.05, 3.63) is 0 Å². The van der Waals surface area contributed by atoms with Crippen LogP contribution in [0.25, 0.3) is 0 Å². The molecule has 2 aliphatic rings. The molecule has 0 unspecified atom stereocenters. The summed E-state index contributed by atoms with van der Waals surface area (Å²) in [6.07, 6.45) is 6.19. The van der Waals surface area contributed by atoms with Crippen LogP contribution in [-0.2, 0) is 14.3 Å². The molecule has 7 nitrogen and oxygen atoms in total. The lowest BCUT2D eigenvalue weighted by Gasteiger charge is -2.28. The summed E-state index contributed by atoms with van der Waals surface area (Å²) in [5, 5.41) is 12.1. The predicted molar refractivity (Wildman–Crippen MR) is 80.6 cm³/mol.